The van der Waals surface area contributed by atoms with E-state index in [4.69, 9.17) is 14.2 Å². The molecule has 0 bridgehead atoms. The number of urea groups is 1. The predicted molar refractivity (Wildman–Crippen MR) is 103 cm³/mol. The van der Waals surface area contributed by atoms with E-state index in [1.54, 1.807) is 19.1 Å². The van der Waals surface area contributed by atoms with Gasteiger partial charge in [0, 0.05) is 4.47 Å². The van der Waals surface area contributed by atoms with Gasteiger partial charge in [-0.2, -0.15) is 0 Å². The molecule has 2 rings (SSSR count). The smallest absolute Gasteiger partial charge is 0.344 e. The van der Waals surface area contributed by atoms with Crippen molar-refractivity contribution in [2.45, 2.75) is 6.92 Å². The van der Waals surface area contributed by atoms with Gasteiger partial charge in [0.2, 0.25) is 0 Å². The van der Waals surface area contributed by atoms with Gasteiger partial charge in [0.1, 0.15) is 12.2 Å². The summed E-state index contributed by atoms with van der Waals surface area (Å²) in [5.41, 5.74) is 0.468. The first kappa shape index (κ1) is 22.2. The highest BCUT2D eigenvalue weighted by molar-refractivity contribution is 9.10. The van der Waals surface area contributed by atoms with Crippen molar-refractivity contribution in [3.8, 4) is 11.5 Å². The normalized spacial score (nSPS) is 14.6. The molecule has 1 aromatic carbocycles. The molecule has 0 unspecified atom stereocenters. The molecule has 1 fully saturated rings. The summed E-state index contributed by atoms with van der Waals surface area (Å²) in [5, 5.41) is 2.40. The molecule has 0 aromatic heterocycles. The molecule has 156 valence electrons. The Labute approximate surface area is 174 Å². The van der Waals surface area contributed by atoms with Gasteiger partial charge in [0.05, 0.1) is 20.8 Å². The zero-order valence-corrected chi connectivity index (χ0v) is 17.5. The first-order valence-electron chi connectivity index (χ1n) is 8.38. The Kier molecular flexibility index (Phi) is 7.59. The molecule has 1 aliphatic heterocycles. The number of hydrogen-bond donors (Lipinski definition) is 1. The highest BCUT2D eigenvalue weighted by atomic mass is 79.9. The molecule has 1 saturated heterocycles. The number of halogens is 1. The maximum absolute atomic E-state index is 12.4. The fourth-order valence-corrected chi connectivity index (χ4v) is 2.77. The minimum atomic E-state index is -0.732. The van der Waals surface area contributed by atoms with Gasteiger partial charge < -0.3 is 24.3 Å². The zero-order chi connectivity index (χ0) is 21.6. The van der Waals surface area contributed by atoms with E-state index in [1.807, 2.05) is 0 Å². The number of benzene rings is 1. The second kappa shape index (κ2) is 9.92. The van der Waals surface area contributed by atoms with Gasteiger partial charge in [-0.15, -0.1) is 0 Å². The van der Waals surface area contributed by atoms with Crippen molar-refractivity contribution in [3.05, 3.63) is 27.9 Å². The first-order valence-corrected chi connectivity index (χ1v) is 9.17. The van der Waals surface area contributed by atoms with Crippen LogP contribution < -0.4 is 14.8 Å². The quantitative estimate of drug-likeness (QED) is 0.344. The molecule has 0 atom stereocenters. The Balaban J connectivity index is 2.24. The maximum Gasteiger partial charge on any atom is 0.344 e. The van der Waals surface area contributed by atoms with Crippen molar-refractivity contribution in [2.24, 2.45) is 0 Å². The molecule has 10 nitrogen and oxygen atoms in total. The number of carbonyl (C=O) groups is 4. The van der Waals surface area contributed by atoms with Crippen LogP contribution in [0.5, 0.6) is 11.5 Å². The van der Waals surface area contributed by atoms with Crippen LogP contribution in [-0.4, -0.2) is 62.8 Å². The van der Waals surface area contributed by atoms with Crippen molar-refractivity contribution < 1.29 is 38.1 Å². The van der Waals surface area contributed by atoms with E-state index in [9.17, 15) is 19.2 Å². The topological polar surface area (TPSA) is 120 Å². The number of nitrogens with zero attached hydrogens (tertiary/aromatic N) is 1. The summed E-state index contributed by atoms with van der Waals surface area (Å²) in [7, 11) is 2.57. The summed E-state index contributed by atoms with van der Waals surface area (Å²) < 4.78 is 20.5. The lowest BCUT2D eigenvalue weighted by Crippen LogP contribution is -2.36. The second-order valence-electron chi connectivity index (χ2n) is 5.57. The number of rotatable bonds is 8. The van der Waals surface area contributed by atoms with Gasteiger partial charge in [-0.25, -0.2) is 14.5 Å². The summed E-state index contributed by atoms with van der Waals surface area (Å²) in [6.07, 6.45) is 1.42. The highest BCUT2D eigenvalue weighted by Crippen LogP contribution is 2.35. The standard InChI is InChI=1S/C18H19BrN2O8/c1-4-28-16(23)9-29-14-7-11(19)10(6-13(14)26-2)5-12-17(24)21(18(25)20-12)8-15(22)27-3/h5-7H,4,8-9H2,1-3H3,(H,20,25)/b12-5+. The Hall–Kier alpha value is -3.08. The molecule has 3 amide bonds. The number of esters is 2. The van der Waals surface area contributed by atoms with E-state index in [0.29, 0.717) is 15.8 Å². The van der Waals surface area contributed by atoms with Crippen molar-refractivity contribution in [2.75, 3.05) is 34.0 Å². The van der Waals surface area contributed by atoms with Crippen molar-refractivity contribution in [1.82, 2.24) is 10.2 Å². The Bertz CT molecular complexity index is 868. The number of imide groups is 1. The lowest BCUT2D eigenvalue weighted by molar-refractivity contribution is -0.145. The van der Waals surface area contributed by atoms with Crippen molar-refractivity contribution >= 4 is 45.9 Å². The fraction of sp³-hybridized carbons (Fsp3) is 0.333. The molecule has 0 aliphatic carbocycles. The third-order valence-electron chi connectivity index (χ3n) is 3.71. The molecule has 1 N–H and O–H groups in total. The van der Waals surface area contributed by atoms with E-state index in [2.05, 4.69) is 26.0 Å². The van der Waals surface area contributed by atoms with Gasteiger partial charge in [-0.1, -0.05) is 15.9 Å². The van der Waals surface area contributed by atoms with Crippen LogP contribution in [0, 0.1) is 0 Å². The molecule has 0 spiro atoms. The van der Waals surface area contributed by atoms with Crippen LogP contribution in [0.3, 0.4) is 0 Å². The lowest BCUT2D eigenvalue weighted by Gasteiger charge is -2.12. The van der Waals surface area contributed by atoms with Crippen molar-refractivity contribution in [1.29, 1.82) is 0 Å². The minimum absolute atomic E-state index is 0.0261. The molecular formula is C18H19BrN2O8. The largest absolute Gasteiger partial charge is 0.493 e. The fourth-order valence-electron chi connectivity index (χ4n) is 2.34. The summed E-state index contributed by atoms with van der Waals surface area (Å²) in [5.74, 6) is -1.34. The van der Waals surface area contributed by atoms with Gasteiger partial charge in [-0.3, -0.25) is 9.59 Å². The Morgan fingerprint density at radius 3 is 2.52 bits per heavy atom. The average molecular weight is 471 g/mol. The number of amides is 3. The lowest BCUT2D eigenvalue weighted by atomic mass is 10.1. The van der Waals surface area contributed by atoms with Crippen LogP contribution in [0.1, 0.15) is 12.5 Å². The number of hydrogen-bond acceptors (Lipinski definition) is 8. The van der Waals surface area contributed by atoms with Gasteiger partial charge in [0.25, 0.3) is 5.91 Å². The number of methoxy groups -OCH3 is 2. The van der Waals surface area contributed by atoms with E-state index in [0.717, 1.165) is 12.0 Å². The Morgan fingerprint density at radius 2 is 1.90 bits per heavy atom. The predicted octanol–water partition coefficient (Wildman–Crippen LogP) is 1.47. The average Bonchev–Trinajstić information content (AvgIpc) is 2.95. The van der Waals surface area contributed by atoms with Crippen LogP contribution in [0.2, 0.25) is 0 Å². The maximum atomic E-state index is 12.4. The third kappa shape index (κ3) is 5.47. The highest BCUT2D eigenvalue weighted by Gasteiger charge is 2.35. The molecule has 1 heterocycles. The molecule has 0 radical (unpaired) electrons. The number of nitrogens with one attached hydrogen (secondary N) is 1. The van der Waals surface area contributed by atoms with E-state index in [1.165, 1.54) is 13.2 Å². The molecular weight excluding hydrogens is 452 g/mol. The van der Waals surface area contributed by atoms with Crippen LogP contribution in [0.15, 0.2) is 22.3 Å². The van der Waals surface area contributed by atoms with Crippen molar-refractivity contribution in [3.63, 3.8) is 0 Å². The summed E-state index contributed by atoms with van der Waals surface area (Å²) in [6.45, 7) is 1.13. The van der Waals surface area contributed by atoms with Gasteiger partial charge >= 0.3 is 18.0 Å². The third-order valence-corrected chi connectivity index (χ3v) is 4.40. The van der Waals surface area contributed by atoms with Crippen LogP contribution >= 0.6 is 15.9 Å². The molecule has 0 saturated carbocycles. The summed E-state index contributed by atoms with van der Waals surface area (Å²) >= 11 is 3.35. The van der Waals surface area contributed by atoms with Crippen LogP contribution in [-0.2, 0) is 23.9 Å². The number of carbonyl (C=O) groups excluding carboxylic acids is 4. The van der Waals surface area contributed by atoms with E-state index >= 15 is 0 Å². The molecule has 11 heteroatoms. The summed E-state index contributed by atoms with van der Waals surface area (Å²) in [6, 6.07) is 2.38. The van der Waals surface area contributed by atoms with E-state index < -0.39 is 30.4 Å². The molecule has 1 aliphatic rings. The molecule has 29 heavy (non-hydrogen) atoms. The van der Waals surface area contributed by atoms with Gasteiger partial charge in [0.15, 0.2) is 18.1 Å². The SMILES string of the molecule is CCOC(=O)COc1cc(Br)c(/C=C2/NC(=O)N(CC(=O)OC)C2=O)cc1OC. The Morgan fingerprint density at radius 1 is 1.17 bits per heavy atom. The monoisotopic (exact) mass is 470 g/mol. The molecule has 1 aromatic rings. The van der Waals surface area contributed by atoms with Gasteiger partial charge in [-0.05, 0) is 30.7 Å². The van der Waals surface area contributed by atoms with E-state index in [-0.39, 0.29) is 24.7 Å². The summed E-state index contributed by atoms with van der Waals surface area (Å²) in [4.78, 5) is 47.9. The number of ether oxygens (including phenoxy) is 4. The van der Waals surface area contributed by atoms with Crippen LogP contribution in [0.25, 0.3) is 6.08 Å². The first-order chi connectivity index (χ1) is 13.8. The minimum Gasteiger partial charge on any atom is -0.493 e. The second-order valence-corrected chi connectivity index (χ2v) is 6.43. The van der Waals surface area contributed by atoms with Crippen LogP contribution in [0.4, 0.5) is 4.79 Å². The zero-order valence-electron chi connectivity index (χ0n) is 15.9.